The second kappa shape index (κ2) is 13.8. The van der Waals surface area contributed by atoms with Crippen LogP contribution in [0.2, 0.25) is 5.02 Å². The lowest BCUT2D eigenvalue weighted by molar-refractivity contribution is 0.317. The molecule has 6 aromatic rings. The number of aromatic nitrogens is 5. The van der Waals surface area contributed by atoms with Crippen LogP contribution >= 0.6 is 22.9 Å². The van der Waals surface area contributed by atoms with Crippen LogP contribution in [0.1, 0.15) is 30.3 Å². The number of hydrogen-bond donors (Lipinski definition) is 0. The van der Waals surface area contributed by atoms with Gasteiger partial charge < -0.3 is 14.2 Å². The molecule has 0 unspecified atom stereocenters. The third-order valence-corrected chi connectivity index (χ3v) is 8.14. The Morgan fingerprint density at radius 1 is 0.978 bits per heavy atom. The number of methoxy groups -OCH3 is 1. The quantitative estimate of drug-likeness (QED) is 0.135. The standard InChI is InChI=1S/C35H30ClN5O4S/c1-4-17-44-28-15-13-24(20-27(28)36)33-25(22-40(39-33)26-9-7-6-8-10-26)21-31-34(42)41-35(46-31)37-32(38-41)16-12-23-11-14-29(45-18-5-2)30(19-23)43-3/h5-16,19-22H,2,4,17-18H2,1,3H3/b16-12+,31-21-. The van der Waals surface area contributed by atoms with Crippen LogP contribution in [0.15, 0.2) is 90.4 Å². The summed E-state index contributed by atoms with van der Waals surface area (Å²) in [6, 6.07) is 20.9. The Kier molecular flexibility index (Phi) is 9.28. The summed E-state index contributed by atoms with van der Waals surface area (Å²) in [5, 5.41) is 9.81. The summed E-state index contributed by atoms with van der Waals surface area (Å²) in [4.78, 5) is 18.5. The molecule has 232 valence electrons. The number of fused-ring (bicyclic) bond motifs is 1. The second-order valence-electron chi connectivity index (χ2n) is 10.1. The number of rotatable bonds is 12. The van der Waals surface area contributed by atoms with Gasteiger partial charge in [-0.3, -0.25) is 4.79 Å². The van der Waals surface area contributed by atoms with E-state index in [4.69, 9.17) is 30.9 Å². The van der Waals surface area contributed by atoms with E-state index in [-0.39, 0.29) is 5.56 Å². The molecule has 11 heteroatoms. The van der Waals surface area contributed by atoms with E-state index in [1.165, 1.54) is 15.9 Å². The third kappa shape index (κ3) is 6.58. The van der Waals surface area contributed by atoms with E-state index < -0.39 is 0 Å². The molecule has 0 amide bonds. The summed E-state index contributed by atoms with van der Waals surface area (Å²) >= 11 is 7.84. The summed E-state index contributed by atoms with van der Waals surface area (Å²) in [6.45, 7) is 6.67. The zero-order chi connectivity index (χ0) is 32.0. The molecule has 0 bridgehead atoms. The average molecular weight is 652 g/mol. The highest BCUT2D eigenvalue weighted by atomic mass is 35.5. The average Bonchev–Trinajstić information content (AvgIpc) is 3.77. The van der Waals surface area contributed by atoms with Crippen molar-refractivity contribution < 1.29 is 14.2 Å². The van der Waals surface area contributed by atoms with E-state index in [0.717, 1.165) is 28.8 Å². The molecule has 0 spiro atoms. The van der Waals surface area contributed by atoms with Crippen molar-refractivity contribution in [1.29, 1.82) is 0 Å². The number of thiazole rings is 1. The van der Waals surface area contributed by atoms with Crippen molar-refractivity contribution in [1.82, 2.24) is 24.4 Å². The Morgan fingerprint density at radius 2 is 1.80 bits per heavy atom. The Bertz CT molecular complexity index is 2150. The Morgan fingerprint density at radius 3 is 2.54 bits per heavy atom. The minimum Gasteiger partial charge on any atom is -0.493 e. The number of para-hydroxylation sites is 1. The summed E-state index contributed by atoms with van der Waals surface area (Å²) in [6.07, 6.45) is 9.87. The predicted molar refractivity (Wildman–Crippen MR) is 183 cm³/mol. The van der Waals surface area contributed by atoms with E-state index in [2.05, 4.69) is 16.7 Å². The molecule has 3 aromatic carbocycles. The van der Waals surface area contributed by atoms with Crippen molar-refractivity contribution in [3.8, 4) is 34.2 Å². The van der Waals surface area contributed by atoms with Crippen molar-refractivity contribution in [2.45, 2.75) is 13.3 Å². The minimum absolute atomic E-state index is 0.266. The van der Waals surface area contributed by atoms with Gasteiger partial charge in [0.25, 0.3) is 5.56 Å². The minimum atomic E-state index is -0.266. The SMILES string of the molecule is C=CCOc1ccc(/C=C/c2nc3s/c(=C\c4cn(-c5ccccc5)nc4-c4ccc(OCCC)c(Cl)c4)c(=O)n3n2)cc1OC. The number of benzene rings is 3. The zero-order valence-electron chi connectivity index (χ0n) is 25.2. The molecule has 0 aliphatic carbocycles. The Labute approximate surface area is 274 Å². The summed E-state index contributed by atoms with van der Waals surface area (Å²) in [7, 11) is 1.59. The lowest BCUT2D eigenvalue weighted by atomic mass is 10.1. The Balaban J connectivity index is 1.34. The second-order valence-corrected chi connectivity index (χ2v) is 11.5. The fourth-order valence-electron chi connectivity index (χ4n) is 4.69. The van der Waals surface area contributed by atoms with Crippen molar-refractivity contribution >= 4 is 46.1 Å². The van der Waals surface area contributed by atoms with E-state index in [0.29, 0.717) is 56.5 Å². The highest BCUT2D eigenvalue weighted by Crippen LogP contribution is 2.32. The van der Waals surface area contributed by atoms with Gasteiger partial charge in [-0.2, -0.15) is 14.6 Å². The van der Waals surface area contributed by atoms with Gasteiger partial charge in [-0.15, -0.1) is 5.10 Å². The molecule has 0 N–H and O–H groups in total. The van der Waals surface area contributed by atoms with Gasteiger partial charge in [0.05, 0.1) is 29.0 Å². The van der Waals surface area contributed by atoms with Crippen molar-refractivity contribution in [3.63, 3.8) is 0 Å². The fourth-order valence-corrected chi connectivity index (χ4v) is 5.84. The predicted octanol–water partition coefficient (Wildman–Crippen LogP) is 6.74. The molecule has 46 heavy (non-hydrogen) atoms. The number of nitrogens with zero attached hydrogens (tertiary/aromatic N) is 5. The summed E-state index contributed by atoms with van der Waals surface area (Å²) in [5.41, 5.74) is 3.70. The van der Waals surface area contributed by atoms with Gasteiger partial charge in [-0.05, 0) is 66.6 Å². The Hall–Kier alpha value is -5.19. The first kappa shape index (κ1) is 30.8. The van der Waals surface area contributed by atoms with Crippen molar-refractivity contribution in [2.75, 3.05) is 20.3 Å². The maximum Gasteiger partial charge on any atom is 0.291 e. The van der Waals surface area contributed by atoms with Gasteiger partial charge in [0.1, 0.15) is 18.1 Å². The van der Waals surface area contributed by atoms with E-state index in [9.17, 15) is 4.79 Å². The normalized spacial score (nSPS) is 11.8. The topological polar surface area (TPSA) is 92.8 Å². The van der Waals surface area contributed by atoms with Crippen molar-refractivity contribution in [3.05, 3.63) is 122 Å². The highest BCUT2D eigenvalue weighted by molar-refractivity contribution is 7.15. The molecule has 0 fully saturated rings. The van der Waals surface area contributed by atoms with Crippen LogP contribution < -0.4 is 24.3 Å². The third-order valence-electron chi connectivity index (χ3n) is 6.88. The van der Waals surface area contributed by atoms with E-state index >= 15 is 0 Å². The number of halogens is 1. The molecular weight excluding hydrogens is 622 g/mol. The number of ether oxygens (including phenoxy) is 3. The van der Waals surface area contributed by atoms with Gasteiger partial charge in [0.15, 0.2) is 17.3 Å². The highest BCUT2D eigenvalue weighted by Gasteiger charge is 2.15. The lowest BCUT2D eigenvalue weighted by Gasteiger charge is -2.09. The molecule has 9 nitrogen and oxygen atoms in total. The van der Waals surface area contributed by atoms with Gasteiger partial charge in [0, 0.05) is 17.3 Å². The van der Waals surface area contributed by atoms with Crippen LogP contribution in [0.4, 0.5) is 0 Å². The molecule has 0 aliphatic heterocycles. The fraction of sp³-hybridized carbons (Fsp3) is 0.143. The molecule has 0 saturated carbocycles. The van der Waals surface area contributed by atoms with Gasteiger partial charge in [-0.25, -0.2) is 4.68 Å². The van der Waals surface area contributed by atoms with Gasteiger partial charge in [-0.1, -0.05) is 72.9 Å². The first-order valence-electron chi connectivity index (χ1n) is 14.6. The van der Waals surface area contributed by atoms with E-state index in [1.807, 2.05) is 92.0 Å². The smallest absolute Gasteiger partial charge is 0.291 e. The molecular formula is C35H30ClN5O4S. The van der Waals surface area contributed by atoms with Crippen molar-refractivity contribution in [2.24, 2.45) is 0 Å². The zero-order valence-corrected chi connectivity index (χ0v) is 26.8. The van der Waals surface area contributed by atoms with Crippen LogP contribution in [0, 0.1) is 0 Å². The summed E-state index contributed by atoms with van der Waals surface area (Å²) in [5.74, 6) is 2.26. The molecule has 0 atom stereocenters. The van der Waals surface area contributed by atoms with E-state index in [1.54, 1.807) is 23.9 Å². The molecule has 3 heterocycles. The molecule has 0 radical (unpaired) electrons. The van der Waals surface area contributed by atoms with Crippen LogP contribution in [0.5, 0.6) is 17.2 Å². The first-order valence-corrected chi connectivity index (χ1v) is 15.8. The van der Waals surface area contributed by atoms with Gasteiger partial charge in [0.2, 0.25) is 4.96 Å². The van der Waals surface area contributed by atoms with Gasteiger partial charge >= 0.3 is 0 Å². The van der Waals surface area contributed by atoms with Crippen LogP contribution in [-0.2, 0) is 0 Å². The lowest BCUT2D eigenvalue weighted by Crippen LogP contribution is -2.23. The maximum absolute atomic E-state index is 13.5. The molecule has 0 aliphatic rings. The first-order chi connectivity index (χ1) is 22.5. The molecule has 0 saturated heterocycles. The van der Waals surface area contributed by atoms with Crippen LogP contribution in [-0.4, -0.2) is 44.7 Å². The largest absolute Gasteiger partial charge is 0.493 e. The maximum atomic E-state index is 13.5. The van der Waals surface area contributed by atoms with Crippen LogP contribution in [0.25, 0.3) is 40.1 Å². The van der Waals surface area contributed by atoms with Crippen LogP contribution in [0.3, 0.4) is 0 Å². The number of hydrogen-bond acceptors (Lipinski definition) is 8. The summed E-state index contributed by atoms with van der Waals surface area (Å²) < 4.78 is 20.4. The monoisotopic (exact) mass is 651 g/mol. The molecule has 6 rings (SSSR count). The molecule has 3 aromatic heterocycles.